The number of hydrogen-bond acceptors (Lipinski definition) is 8. The van der Waals surface area contributed by atoms with Crippen molar-refractivity contribution in [2.75, 3.05) is 66.0 Å². The van der Waals surface area contributed by atoms with Crippen LogP contribution >= 0.6 is 0 Å². The van der Waals surface area contributed by atoms with Crippen molar-refractivity contribution < 1.29 is 38.7 Å². The van der Waals surface area contributed by atoms with Gasteiger partial charge in [-0.15, -0.1) is 0 Å². The minimum Gasteiger partial charge on any atom is -0.393 e. The second-order valence-corrected chi connectivity index (χ2v) is 4.39. The summed E-state index contributed by atoms with van der Waals surface area (Å²) in [6.45, 7) is 2.95. The number of ether oxygens (including phenoxy) is 4. The van der Waals surface area contributed by atoms with Gasteiger partial charge in [0.1, 0.15) is 6.29 Å². The molecule has 0 heterocycles. The zero-order valence-corrected chi connectivity index (χ0v) is 13.3. The van der Waals surface area contributed by atoms with Gasteiger partial charge >= 0.3 is 0 Å². The minimum atomic E-state index is -1.39. The molecule has 9 heteroatoms. The largest absolute Gasteiger partial charge is 0.393 e. The van der Waals surface area contributed by atoms with Gasteiger partial charge in [0.15, 0.2) is 6.10 Å². The lowest BCUT2D eigenvalue weighted by atomic mass is 10.3. The van der Waals surface area contributed by atoms with Crippen LogP contribution in [0.15, 0.2) is 0 Å². The smallest absolute Gasteiger partial charge is 0.251 e. The molecule has 1 unspecified atom stereocenters. The fourth-order valence-electron chi connectivity index (χ4n) is 1.34. The lowest BCUT2D eigenvalue weighted by molar-refractivity contribution is -0.131. The van der Waals surface area contributed by atoms with Gasteiger partial charge < -0.3 is 39.3 Å². The van der Waals surface area contributed by atoms with Crippen LogP contribution in [0.1, 0.15) is 6.42 Å². The fraction of sp³-hybridized carbons (Fsp3) is 0.857. The molecule has 0 aromatic heterocycles. The summed E-state index contributed by atoms with van der Waals surface area (Å²) in [5.41, 5.74) is 0. The Hall–Kier alpha value is -1.10. The van der Waals surface area contributed by atoms with Crippen molar-refractivity contribution >= 4 is 12.2 Å². The first-order valence-electron chi connectivity index (χ1n) is 7.53. The Morgan fingerprint density at radius 2 is 1.39 bits per heavy atom. The van der Waals surface area contributed by atoms with Crippen LogP contribution in [0.3, 0.4) is 0 Å². The number of carbonyl (C=O) groups is 2. The molecule has 136 valence electrons. The van der Waals surface area contributed by atoms with E-state index in [2.05, 4.69) is 5.32 Å². The highest BCUT2D eigenvalue weighted by atomic mass is 16.6. The molecule has 0 rings (SSSR count). The molecule has 0 saturated carbocycles. The molecule has 1 atom stereocenters. The van der Waals surface area contributed by atoms with Crippen LogP contribution < -0.4 is 5.32 Å². The third-order valence-electron chi connectivity index (χ3n) is 2.52. The van der Waals surface area contributed by atoms with E-state index in [0.717, 1.165) is 6.29 Å². The van der Waals surface area contributed by atoms with Gasteiger partial charge in [-0.25, -0.2) is 0 Å². The zero-order chi connectivity index (χ0) is 17.2. The summed E-state index contributed by atoms with van der Waals surface area (Å²) < 4.78 is 20.8. The molecule has 23 heavy (non-hydrogen) atoms. The van der Waals surface area contributed by atoms with Crippen molar-refractivity contribution in [1.29, 1.82) is 0 Å². The number of amides is 1. The molecule has 0 aliphatic heterocycles. The van der Waals surface area contributed by atoms with E-state index in [1.807, 2.05) is 0 Å². The van der Waals surface area contributed by atoms with Crippen LogP contribution in [0.4, 0.5) is 0 Å². The molecule has 0 aliphatic carbocycles. The van der Waals surface area contributed by atoms with Crippen molar-refractivity contribution in [3.63, 3.8) is 0 Å². The highest BCUT2D eigenvalue weighted by Crippen LogP contribution is 1.84. The number of carbonyl (C=O) groups excluding carboxylic acids is 2. The Morgan fingerprint density at radius 1 is 0.913 bits per heavy atom. The topological polar surface area (TPSA) is 124 Å². The van der Waals surface area contributed by atoms with E-state index in [4.69, 9.17) is 29.2 Å². The fourth-order valence-corrected chi connectivity index (χ4v) is 1.34. The molecular weight excluding hydrogens is 310 g/mol. The average Bonchev–Trinajstić information content (AvgIpc) is 2.57. The highest BCUT2D eigenvalue weighted by Gasteiger charge is 2.11. The van der Waals surface area contributed by atoms with Gasteiger partial charge in [-0.1, -0.05) is 0 Å². The summed E-state index contributed by atoms with van der Waals surface area (Å²) in [6.07, 6.45) is -0.188. The number of aliphatic hydroxyl groups is 2. The molecular formula is C14H27NO8. The summed E-state index contributed by atoms with van der Waals surface area (Å²) >= 11 is 0. The number of hydrogen-bond donors (Lipinski definition) is 3. The lowest BCUT2D eigenvalue weighted by Gasteiger charge is -2.09. The van der Waals surface area contributed by atoms with Crippen molar-refractivity contribution in [2.24, 2.45) is 0 Å². The van der Waals surface area contributed by atoms with Gasteiger partial charge in [0.05, 0.1) is 59.5 Å². The summed E-state index contributed by atoms with van der Waals surface area (Å²) in [5.74, 6) is -0.625. The third-order valence-corrected chi connectivity index (χ3v) is 2.52. The third kappa shape index (κ3) is 15.6. The normalized spacial score (nSPS) is 12.1. The maximum atomic E-state index is 11.1. The van der Waals surface area contributed by atoms with Gasteiger partial charge in [-0.2, -0.15) is 0 Å². The van der Waals surface area contributed by atoms with E-state index in [1.54, 1.807) is 0 Å². The molecule has 1 amide bonds. The first-order valence-corrected chi connectivity index (χ1v) is 7.53. The number of aliphatic hydroxyl groups excluding tert-OH is 2. The summed E-state index contributed by atoms with van der Waals surface area (Å²) in [4.78, 5) is 21.1. The Labute approximate surface area is 135 Å². The Bertz CT molecular complexity index is 290. The van der Waals surface area contributed by atoms with Gasteiger partial charge in [0, 0.05) is 13.0 Å². The average molecular weight is 337 g/mol. The Balaban J connectivity index is 3.11. The molecule has 0 fully saturated rings. The standard InChI is InChI=1S/C14H27NO8/c16-3-1-4-20-6-8-22-10-11-23-9-7-21-5-2-15-14(19)13(18)12-17/h3,13,17-18H,1-2,4-12H2,(H,15,19). The van der Waals surface area contributed by atoms with Crippen LogP contribution in [-0.4, -0.2) is 94.5 Å². The van der Waals surface area contributed by atoms with Gasteiger partial charge in [-0.05, 0) is 0 Å². The molecule has 0 aliphatic rings. The number of nitrogens with one attached hydrogen (secondary N) is 1. The van der Waals surface area contributed by atoms with E-state index in [0.29, 0.717) is 59.3 Å². The molecule has 0 saturated heterocycles. The first kappa shape index (κ1) is 21.9. The van der Waals surface area contributed by atoms with Crippen molar-refractivity contribution in [2.45, 2.75) is 12.5 Å². The highest BCUT2D eigenvalue weighted by molar-refractivity contribution is 5.80. The number of rotatable bonds is 17. The van der Waals surface area contributed by atoms with E-state index in [-0.39, 0.29) is 6.54 Å². The van der Waals surface area contributed by atoms with E-state index in [1.165, 1.54) is 0 Å². The molecule has 0 aromatic rings. The zero-order valence-electron chi connectivity index (χ0n) is 13.3. The predicted octanol–water partition coefficient (Wildman–Crippen LogP) is -1.89. The second-order valence-electron chi connectivity index (χ2n) is 4.39. The van der Waals surface area contributed by atoms with Crippen LogP contribution in [-0.2, 0) is 28.5 Å². The first-order chi connectivity index (χ1) is 11.2. The Morgan fingerprint density at radius 3 is 1.87 bits per heavy atom. The quantitative estimate of drug-likeness (QED) is 0.208. The molecule has 0 aromatic carbocycles. The Kier molecular flexibility index (Phi) is 16.4. The molecule has 9 nitrogen and oxygen atoms in total. The van der Waals surface area contributed by atoms with Crippen LogP contribution in [0, 0.1) is 0 Å². The van der Waals surface area contributed by atoms with Crippen LogP contribution in [0.5, 0.6) is 0 Å². The van der Waals surface area contributed by atoms with E-state index < -0.39 is 18.6 Å². The lowest BCUT2D eigenvalue weighted by Crippen LogP contribution is -2.38. The van der Waals surface area contributed by atoms with E-state index >= 15 is 0 Å². The summed E-state index contributed by atoms with van der Waals surface area (Å²) in [5, 5.41) is 19.9. The SMILES string of the molecule is O=CCCOCCOCCOCCOCCNC(=O)C(O)CO. The van der Waals surface area contributed by atoms with E-state index in [9.17, 15) is 9.59 Å². The molecule has 0 radical (unpaired) electrons. The predicted molar refractivity (Wildman–Crippen MR) is 80.1 cm³/mol. The maximum Gasteiger partial charge on any atom is 0.251 e. The molecule has 3 N–H and O–H groups in total. The van der Waals surface area contributed by atoms with Gasteiger partial charge in [0.2, 0.25) is 0 Å². The summed E-state index contributed by atoms with van der Waals surface area (Å²) in [6, 6.07) is 0. The van der Waals surface area contributed by atoms with Gasteiger partial charge in [-0.3, -0.25) is 4.79 Å². The number of aldehydes is 1. The minimum absolute atomic E-state index is 0.253. The molecule has 0 bridgehead atoms. The van der Waals surface area contributed by atoms with Crippen LogP contribution in [0.2, 0.25) is 0 Å². The second kappa shape index (κ2) is 17.3. The monoisotopic (exact) mass is 337 g/mol. The maximum absolute atomic E-state index is 11.1. The van der Waals surface area contributed by atoms with Crippen molar-refractivity contribution in [1.82, 2.24) is 5.32 Å². The van der Waals surface area contributed by atoms with Crippen LogP contribution in [0.25, 0.3) is 0 Å². The van der Waals surface area contributed by atoms with Crippen molar-refractivity contribution in [3.05, 3.63) is 0 Å². The van der Waals surface area contributed by atoms with Crippen molar-refractivity contribution in [3.8, 4) is 0 Å². The van der Waals surface area contributed by atoms with Gasteiger partial charge in [0.25, 0.3) is 5.91 Å². The summed E-state index contributed by atoms with van der Waals surface area (Å²) in [7, 11) is 0. The molecule has 0 spiro atoms.